The fourth-order valence-corrected chi connectivity index (χ4v) is 3.07. The largest absolute Gasteiger partial charge is 0.353 e. The molecule has 1 aliphatic heterocycles. The number of benzene rings is 1. The van der Waals surface area contributed by atoms with Crippen LogP contribution in [0.5, 0.6) is 0 Å². The number of rotatable bonds is 4. The van der Waals surface area contributed by atoms with Crippen LogP contribution >= 0.6 is 0 Å². The fraction of sp³-hybridized carbons (Fsp3) is 0.250. The Bertz CT molecular complexity index is 938. The van der Waals surface area contributed by atoms with Crippen molar-refractivity contribution >= 4 is 23.4 Å². The van der Waals surface area contributed by atoms with Crippen LogP contribution in [0.2, 0.25) is 0 Å². The number of hydrogen-bond donors (Lipinski definition) is 1. The van der Waals surface area contributed by atoms with E-state index in [1.54, 1.807) is 18.5 Å². The average molecular weight is 375 g/mol. The first-order chi connectivity index (χ1) is 13.7. The molecule has 0 atom stereocenters. The Morgan fingerprint density at radius 1 is 0.929 bits per heavy atom. The summed E-state index contributed by atoms with van der Waals surface area (Å²) in [5, 5.41) is 2.87. The van der Waals surface area contributed by atoms with Gasteiger partial charge in [-0.25, -0.2) is 19.9 Å². The molecular weight excluding hydrogens is 354 g/mol. The molecule has 8 nitrogen and oxygen atoms in total. The van der Waals surface area contributed by atoms with Gasteiger partial charge >= 0.3 is 0 Å². The lowest BCUT2D eigenvalue weighted by molar-refractivity contribution is 0.102. The highest BCUT2D eigenvalue weighted by atomic mass is 16.1. The second-order valence-corrected chi connectivity index (χ2v) is 6.60. The van der Waals surface area contributed by atoms with Crippen molar-refractivity contribution in [3.05, 3.63) is 66.4 Å². The molecule has 8 heteroatoms. The second-order valence-electron chi connectivity index (χ2n) is 6.60. The van der Waals surface area contributed by atoms with Gasteiger partial charge < -0.3 is 15.1 Å². The van der Waals surface area contributed by atoms with Gasteiger partial charge in [-0.2, -0.15) is 0 Å². The third-order valence-electron chi connectivity index (χ3n) is 4.63. The molecule has 3 heterocycles. The van der Waals surface area contributed by atoms with Crippen LogP contribution < -0.4 is 15.1 Å². The van der Waals surface area contributed by atoms with E-state index in [9.17, 15) is 4.79 Å². The average Bonchev–Trinajstić information content (AvgIpc) is 2.76. The van der Waals surface area contributed by atoms with Gasteiger partial charge in [0.15, 0.2) is 0 Å². The Balaban J connectivity index is 1.41. The van der Waals surface area contributed by atoms with Crippen molar-refractivity contribution in [3.8, 4) is 0 Å². The lowest BCUT2D eigenvalue weighted by Gasteiger charge is -2.35. The molecule has 0 spiro atoms. The molecule has 1 N–H and O–H groups in total. The molecule has 0 saturated carbocycles. The molecule has 2 aromatic heterocycles. The van der Waals surface area contributed by atoms with Gasteiger partial charge in [0.1, 0.15) is 17.8 Å². The molecule has 1 amide bonds. The van der Waals surface area contributed by atoms with Crippen molar-refractivity contribution < 1.29 is 4.79 Å². The Kier molecular flexibility index (Phi) is 5.09. The van der Waals surface area contributed by atoms with Crippen molar-refractivity contribution in [2.75, 3.05) is 41.3 Å². The molecule has 0 aliphatic carbocycles. The minimum atomic E-state index is -0.246. The van der Waals surface area contributed by atoms with Crippen LogP contribution in [-0.2, 0) is 0 Å². The molecule has 0 unspecified atom stereocenters. The number of nitrogens with one attached hydrogen (secondary N) is 1. The number of nitrogens with zero attached hydrogens (tertiary/aromatic N) is 6. The predicted molar refractivity (Wildman–Crippen MR) is 108 cm³/mol. The number of carbonyl (C=O) groups excluding carboxylic acids is 1. The molecule has 4 rings (SSSR count). The van der Waals surface area contributed by atoms with Gasteiger partial charge in [0.25, 0.3) is 5.91 Å². The zero-order chi connectivity index (χ0) is 19.3. The summed E-state index contributed by atoms with van der Waals surface area (Å²) in [6.45, 7) is 5.13. The summed E-state index contributed by atoms with van der Waals surface area (Å²) in [6.07, 6.45) is 4.93. The van der Waals surface area contributed by atoms with E-state index in [4.69, 9.17) is 0 Å². The fourth-order valence-electron chi connectivity index (χ4n) is 3.07. The number of carbonyl (C=O) groups is 1. The molecule has 1 fully saturated rings. The number of aryl methyl sites for hydroxylation is 1. The molecule has 1 aromatic carbocycles. The minimum Gasteiger partial charge on any atom is -0.353 e. The van der Waals surface area contributed by atoms with Gasteiger partial charge in [-0.1, -0.05) is 17.7 Å². The summed E-state index contributed by atoms with van der Waals surface area (Å²) in [6, 6.07) is 11.2. The van der Waals surface area contributed by atoms with E-state index in [1.807, 2.05) is 37.3 Å². The smallest absolute Gasteiger partial charge is 0.274 e. The number of amides is 1. The second kappa shape index (κ2) is 7.99. The van der Waals surface area contributed by atoms with Crippen LogP contribution in [0.1, 0.15) is 16.1 Å². The van der Waals surface area contributed by atoms with Crippen molar-refractivity contribution in [3.63, 3.8) is 0 Å². The maximum atomic E-state index is 12.5. The zero-order valence-corrected chi connectivity index (χ0v) is 15.6. The van der Waals surface area contributed by atoms with Gasteiger partial charge in [0, 0.05) is 50.3 Å². The Labute approximate surface area is 163 Å². The molecular formula is C20H21N7O. The quantitative estimate of drug-likeness (QED) is 0.748. The van der Waals surface area contributed by atoms with Crippen LogP contribution in [-0.4, -0.2) is 52.0 Å². The summed E-state index contributed by atoms with van der Waals surface area (Å²) >= 11 is 0. The normalized spacial score (nSPS) is 14.0. The first-order valence-corrected chi connectivity index (χ1v) is 9.16. The Morgan fingerprint density at radius 2 is 1.61 bits per heavy atom. The van der Waals surface area contributed by atoms with Crippen molar-refractivity contribution in [2.45, 2.75) is 6.92 Å². The van der Waals surface area contributed by atoms with Gasteiger partial charge in [0.05, 0.1) is 0 Å². The summed E-state index contributed by atoms with van der Waals surface area (Å²) < 4.78 is 0. The van der Waals surface area contributed by atoms with E-state index in [1.165, 1.54) is 6.33 Å². The van der Waals surface area contributed by atoms with Gasteiger partial charge in [-0.3, -0.25) is 4.79 Å². The van der Waals surface area contributed by atoms with E-state index in [0.717, 1.165) is 49.2 Å². The van der Waals surface area contributed by atoms with Crippen LogP contribution in [0.15, 0.2) is 55.1 Å². The highest BCUT2D eigenvalue weighted by molar-refractivity contribution is 6.03. The standard InChI is InChI=1S/C20H21N7O/c1-15-3-5-16(6-4-15)25-19(28)17-13-18(24-14-23-17)26-9-11-27(12-10-26)20-21-7-2-8-22-20/h2-8,13-14H,9-12H2,1H3,(H,25,28). The summed E-state index contributed by atoms with van der Waals surface area (Å²) in [7, 11) is 0. The molecule has 28 heavy (non-hydrogen) atoms. The van der Waals surface area contributed by atoms with E-state index in [0.29, 0.717) is 5.69 Å². The van der Waals surface area contributed by atoms with Crippen LogP contribution in [0.25, 0.3) is 0 Å². The van der Waals surface area contributed by atoms with E-state index >= 15 is 0 Å². The van der Waals surface area contributed by atoms with Gasteiger partial charge in [-0.05, 0) is 25.1 Å². The minimum absolute atomic E-state index is 0.246. The number of hydrogen-bond acceptors (Lipinski definition) is 7. The highest BCUT2D eigenvalue weighted by Gasteiger charge is 2.21. The van der Waals surface area contributed by atoms with Gasteiger partial charge in [-0.15, -0.1) is 0 Å². The van der Waals surface area contributed by atoms with Crippen molar-refractivity contribution in [1.29, 1.82) is 0 Å². The molecule has 3 aromatic rings. The Morgan fingerprint density at radius 3 is 2.32 bits per heavy atom. The summed E-state index contributed by atoms with van der Waals surface area (Å²) in [5.41, 5.74) is 2.23. The first-order valence-electron chi connectivity index (χ1n) is 9.16. The lowest BCUT2D eigenvalue weighted by atomic mass is 10.2. The van der Waals surface area contributed by atoms with E-state index in [2.05, 4.69) is 35.1 Å². The number of anilines is 3. The monoisotopic (exact) mass is 375 g/mol. The molecule has 142 valence electrons. The van der Waals surface area contributed by atoms with E-state index in [-0.39, 0.29) is 5.91 Å². The maximum Gasteiger partial charge on any atom is 0.274 e. The van der Waals surface area contributed by atoms with Gasteiger partial charge in [0.2, 0.25) is 5.95 Å². The van der Waals surface area contributed by atoms with E-state index < -0.39 is 0 Å². The molecule has 0 bridgehead atoms. The van der Waals surface area contributed by atoms with Crippen LogP contribution in [0.4, 0.5) is 17.5 Å². The number of piperazine rings is 1. The maximum absolute atomic E-state index is 12.5. The van der Waals surface area contributed by atoms with Crippen molar-refractivity contribution in [2.24, 2.45) is 0 Å². The molecule has 1 aliphatic rings. The highest BCUT2D eigenvalue weighted by Crippen LogP contribution is 2.17. The third-order valence-corrected chi connectivity index (χ3v) is 4.63. The topological polar surface area (TPSA) is 87.1 Å². The predicted octanol–water partition coefficient (Wildman–Crippen LogP) is 2.15. The lowest BCUT2D eigenvalue weighted by Crippen LogP contribution is -2.47. The summed E-state index contributed by atoms with van der Waals surface area (Å²) in [4.78, 5) is 33.9. The molecule has 1 saturated heterocycles. The number of aromatic nitrogens is 4. The SMILES string of the molecule is Cc1ccc(NC(=O)c2cc(N3CCN(c4ncccn4)CC3)ncn2)cc1. The van der Waals surface area contributed by atoms with Crippen molar-refractivity contribution in [1.82, 2.24) is 19.9 Å². The zero-order valence-electron chi connectivity index (χ0n) is 15.6. The summed E-state index contributed by atoms with van der Waals surface area (Å²) in [5.74, 6) is 1.24. The van der Waals surface area contributed by atoms with Crippen LogP contribution in [0.3, 0.4) is 0 Å². The first kappa shape index (κ1) is 17.8. The van der Waals surface area contributed by atoms with Crippen LogP contribution in [0, 0.1) is 6.92 Å². The third kappa shape index (κ3) is 4.06. The Hall–Kier alpha value is -3.55. The molecule has 0 radical (unpaired) electrons.